The van der Waals surface area contributed by atoms with Crippen molar-refractivity contribution in [1.82, 2.24) is 0 Å². The lowest BCUT2D eigenvalue weighted by atomic mass is 9.93. The minimum absolute atomic E-state index is 0.0188. The molecule has 0 aliphatic carbocycles. The van der Waals surface area contributed by atoms with E-state index < -0.39 is 58.3 Å². The third-order valence-electron chi connectivity index (χ3n) is 5.13. The smallest absolute Gasteiger partial charge is 0.341 e. The number of halogens is 1. The summed E-state index contributed by atoms with van der Waals surface area (Å²) >= 11 is 0. The molecule has 4 rings (SSSR count). The maximum atomic E-state index is 14.2. The fourth-order valence-electron chi connectivity index (χ4n) is 3.53. The van der Waals surface area contributed by atoms with E-state index in [-0.39, 0.29) is 34.8 Å². The number of rotatable bonds is 3. The lowest BCUT2D eigenvalue weighted by Gasteiger charge is -2.34. The van der Waals surface area contributed by atoms with Crippen molar-refractivity contribution in [2.75, 3.05) is 0 Å². The van der Waals surface area contributed by atoms with Crippen LogP contribution >= 0.6 is 0 Å². The first-order valence-corrected chi connectivity index (χ1v) is 9.44. The van der Waals surface area contributed by atoms with Gasteiger partial charge in [0, 0.05) is 41.8 Å². The van der Waals surface area contributed by atoms with Crippen molar-refractivity contribution >= 4 is 5.97 Å². The zero-order valence-electron chi connectivity index (χ0n) is 16.6. The predicted molar refractivity (Wildman–Crippen MR) is 107 cm³/mol. The summed E-state index contributed by atoms with van der Waals surface area (Å²) in [4.78, 5) is 12.7. The normalized spacial score (nSPS) is 17.1. The van der Waals surface area contributed by atoms with E-state index in [0.29, 0.717) is 12.1 Å². The molecular formula is C22H17FO10. The lowest BCUT2D eigenvalue weighted by Crippen LogP contribution is -2.35. The van der Waals surface area contributed by atoms with Gasteiger partial charge in [-0.05, 0) is 12.1 Å². The van der Waals surface area contributed by atoms with Gasteiger partial charge in [-0.3, -0.25) is 0 Å². The molecule has 7 N–H and O–H groups in total. The molecule has 0 radical (unpaired) electrons. The molecule has 0 fully saturated rings. The number of esters is 1. The lowest BCUT2D eigenvalue weighted by molar-refractivity contribution is -0.0192. The fraction of sp³-hybridized carbons (Fsp3) is 0.136. The molecule has 0 saturated heterocycles. The average molecular weight is 460 g/mol. The SMILES string of the molecule is O=C(O[C@@H]1Cc2c(O)cc(O)cc2O[C@H]1c1cc(O)c(O)c(O)c1)c1cc(O)c(O)cc1F. The van der Waals surface area contributed by atoms with E-state index in [4.69, 9.17) is 9.47 Å². The first-order valence-electron chi connectivity index (χ1n) is 9.44. The van der Waals surface area contributed by atoms with Gasteiger partial charge in [0.05, 0.1) is 5.56 Å². The van der Waals surface area contributed by atoms with Gasteiger partial charge in [0.2, 0.25) is 0 Å². The molecule has 0 spiro atoms. The summed E-state index contributed by atoms with van der Waals surface area (Å²) in [7, 11) is 0. The Morgan fingerprint density at radius 2 is 1.48 bits per heavy atom. The molecule has 2 atom stereocenters. The van der Waals surface area contributed by atoms with Crippen LogP contribution in [0.15, 0.2) is 36.4 Å². The van der Waals surface area contributed by atoms with Crippen molar-refractivity contribution in [3.8, 4) is 46.0 Å². The number of aromatic hydroxyl groups is 7. The molecule has 1 aliphatic rings. The van der Waals surface area contributed by atoms with E-state index in [9.17, 15) is 44.9 Å². The number of fused-ring (bicyclic) bond motifs is 1. The summed E-state index contributed by atoms with van der Waals surface area (Å²) in [6.45, 7) is 0. The highest BCUT2D eigenvalue weighted by molar-refractivity contribution is 5.90. The molecule has 0 saturated carbocycles. The molecule has 0 unspecified atom stereocenters. The minimum atomic E-state index is -1.26. The van der Waals surface area contributed by atoms with Crippen LogP contribution in [-0.2, 0) is 11.2 Å². The molecule has 11 heteroatoms. The summed E-state index contributed by atoms with van der Waals surface area (Å²) < 4.78 is 25.3. The van der Waals surface area contributed by atoms with E-state index in [1.54, 1.807) is 0 Å². The average Bonchev–Trinajstić information content (AvgIpc) is 2.74. The van der Waals surface area contributed by atoms with Crippen molar-refractivity contribution in [2.45, 2.75) is 18.6 Å². The van der Waals surface area contributed by atoms with Gasteiger partial charge < -0.3 is 45.2 Å². The van der Waals surface area contributed by atoms with Crippen molar-refractivity contribution in [2.24, 2.45) is 0 Å². The zero-order valence-corrected chi connectivity index (χ0v) is 16.6. The van der Waals surface area contributed by atoms with Gasteiger partial charge in [-0.2, -0.15) is 0 Å². The molecule has 3 aromatic rings. The van der Waals surface area contributed by atoms with Crippen LogP contribution in [0.5, 0.6) is 46.0 Å². The number of carbonyl (C=O) groups is 1. The molecule has 0 aromatic heterocycles. The Kier molecular flexibility index (Phi) is 5.16. The molecule has 3 aromatic carbocycles. The molecule has 33 heavy (non-hydrogen) atoms. The van der Waals surface area contributed by atoms with Crippen LogP contribution in [0.25, 0.3) is 0 Å². The molecule has 0 amide bonds. The van der Waals surface area contributed by atoms with Gasteiger partial charge in [-0.1, -0.05) is 0 Å². The standard InChI is InChI=1S/C22H17FO10/c23-12-7-15(27)14(26)5-10(12)22(31)33-19-6-11-13(25)3-9(24)4-18(11)32-21(19)8-1-16(28)20(30)17(29)2-8/h1-5,7,19,21,24-30H,6H2/t19-,21+/m1/s1. The molecule has 172 valence electrons. The number of carbonyl (C=O) groups excluding carboxylic acids is 1. The first kappa shape index (κ1) is 21.7. The van der Waals surface area contributed by atoms with Crippen LogP contribution in [0.2, 0.25) is 0 Å². The fourth-order valence-corrected chi connectivity index (χ4v) is 3.53. The summed E-state index contributed by atoms with van der Waals surface area (Å²) in [6.07, 6.45) is -2.70. The highest BCUT2D eigenvalue weighted by Crippen LogP contribution is 2.45. The topological polar surface area (TPSA) is 177 Å². The van der Waals surface area contributed by atoms with Crippen LogP contribution in [0, 0.1) is 5.82 Å². The van der Waals surface area contributed by atoms with Crippen LogP contribution in [0.1, 0.15) is 27.6 Å². The largest absolute Gasteiger partial charge is 0.508 e. The molecule has 10 nitrogen and oxygen atoms in total. The van der Waals surface area contributed by atoms with E-state index in [1.807, 2.05) is 0 Å². The second-order valence-corrected chi connectivity index (χ2v) is 7.36. The third kappa shape index (κ3) is 3.91. The van der Waals surface area contributed by atoms with Crippen LogP contribution < -0.4 is 4.74 Å². The molecular weight excluding hydrogens is 443 g/mol. The highest BCUT2D eigenvalue weighted by atomic mass is 19.1. The van der Waals surface area contributed by atoms with Crippen molar-refractivity contribution in [3.63, 3.8) is 0 Å². The predicted octanol–water partition coefficient (Wildman–Crippen LogP) is 2.67. The second-order valence-electron chi connectivity index (χ2n) is 7.36. The molecule has 1 aliphatic heterocycles. The Morgan fingerprint density at radius 1 is 0.848 bits per heavy atom. The summed E-state index contributed by atoms with van der Waals surface area (Å²) in [5, 5.41) is 68.3. The van der Waals surface area contributed by atoms with E-state index in [2.05, 4.69) is 0 Å². The number of phenols is 7. The van der Waals surface area contributed by atoms with E-state index >= 15 is 0 Å². The van der Waals surface area contributed by atoms with Crippen LogP contribution in [0.4, 0.5) is 4.39 Å². The van der Waals surface area contributed by atoms with E-state index in [0.717, 1.165) is 18.2 Å². The van der Waals surface area contributed by atoms with Crippen molar-refractivity contribution in [1.29, 1.82) is 0 Å². The Balaban J connectivity index is 1.76. The maximum absolute atomic E-state index is 14.2. The van der Waals surface area contributed by atoms with E-state index in [1.165, 1.54) is 6.07 Å². The number of ether oxygens (including phenoxy) is 2. The van der Waals surface area contributed by atoms with Gasteiger partial charge in [0.15, 0.2) is 34.9 Å². The van der Waals surface area contributed by atoms with Gasteiger partial charge >= 0.3 is 5.97 Å². The Morgan fingerprint density at radius 3 is 2.15 bits per heavy atom. The summed E-state index contributed by atoms with van der Waals surface area (Å²) in [6, 6.07) is 5.52. The quantitative estimate of drug-likeness (QED) is 0.227. The third-order valence-corrected chi connectivity index (χ3v) is 5.13. The summed E-state index contributed by atoms with van der Waals surface area (Å²) in [5.41, 5.74) is -0.493. The van der Waals surface area contributed by atoms with Crippen LogP contribution in [0.3, 0.4) is 0 Å². The first-order chi connectivity index (χ1) is 15.5. The minimum Gasteiger partial charge on any atom is -0.508 e. The van der Waals surface area contributed by atoms with Gasteiger partial charge in [-0.15, -0.1) is 0 Å². The molecule has 0 bridgehead atoms. The Bertz CT molecular complexity index is 1250. The molecule has 1 heterocycles. The zero-order chi connectivity index (χ0) is 24.0. The number of phenolic OH excluding ortho intramolecular Hbond substituents is 7. The van der Waals surface area contributed by atoms with Gasteiger partial charge in [0.1, 0.15) is 29.2 Å². The number of hydrogen-bond acceptors (Lipinski definition) is 10. The summed E-state index contributed by atoms with van der Waals surface area (Å²) in [5.74, 6) is -6.80. The monoisotopic (exact) mass is 460 g/mol. The van der Waals surface area contributed by atoms with Crippen molar-refractivity contribution < 1.29 is 54.4 Å². The van der Waals surface area contributed by atoms with Gasteiger partial charge in [-0.25, -0.2) is 9.18 Å². The number of benzene rings is 3. The maximum Gasteiger partial charge on any atom is 0.341 e. The Labute approximate surface area is 184 Å². The second kappa shape index (κ2) is 7.86. The van der Waals surface area contributed by atoms with Gasteiger partial charge in [0.25, 0.3) is 0 Å². The Hall–Kier alpha value is -4.54. The van der Waals surface area contributed by atoms with Crippen molar-refractivity contribution in [3.05, 3.63) is 58.9 Å². The number of hydrogen-bond donors (Lipinski definition) is 7. The van der Waals surface area contributed by atoms with Crippen LogP contribution in [-0.4, -0.2) is 47.8 Å². The highest BCUT2D eigenvalue weighted by Gasteiger charge is 2.37.